The van der Waals surface area contributed by atoms with E-state index in [2.05, 4.69) is 10.3 Å². The van der Waals surface area contributed by atoms with Crippen molar-refractivity contribution in [1.29, 1.82) is 0 Å². The largest absolute Gasteiger partial charge is 0.545 e. The number of benzene rings is 2. The van der Waals surface area contributed by atoms with E-state index in [1.165, 1.54) is 36.4 Å². The Morgan fingerprint density at radius 2 is 1.65 bits per heavy atom. The van der Waals surface area contributed by atoms with E-state index in [-0.39, 0.29) is 33.6 Å². The standard InChI is InChI=1S/C20H12N4O7/c25-15(22-13-4-2-1-3-11(13)19(29)30)9-5-6-10-12(7-9)18(28)24(17(10)27)14-8-21-20(31)23-16(14)26/h1-8H,(H,22,25)(H,29,30)(H2,21,23,26,31)/p-1. The monoisotopic (exact) mass is 419 g/mol. The summed E-state index contributed by atoms with van der Waals surface area (Å²) in [6, 6.07) is 9.30. The van der Waals surface area contributed by atoms with Crippen LogP contribution in [0.5, 0.6) is 0 Å². The molecule has 0 aliphatic carbocycles. The third-order valence-electron chi connectivity index (χ3n) is 4.58. The van der Waals surface area contributed by atoms with Gasteiger partial charge in [0.25, 0.3) is 23.3 Å². The first kappa shape index (κ1) is 19.5. The number of aromatic carboxylic acids is 1. The van der Waals surface area contributed by atoms with Gasteiger partial charge < -0.3 is 20.2 Å². The molecule has 1 aliphatic rings. The maximum Gasteiger partial charge on any atom is 0.325 e. The molecule has 2 heterocycles. The molecule has 11 nitrogen and oxygen atoms in total. The van der Waals surface area contributed by atoms with Crippen LogP contribution in [-0.4, -0.2) is 33.7 Å². The number of hydrogen-bond acceptors (Lipinski definition) is 7. The summed E-state index contributed by atoms with van der Waals surface area (Å²) < 4.78 is 0. The molecule has 3 N–H and O–H groups in total. The van der Waals surface area contributed by atoms with Gasteiger partial charge in [-0.25, -0.2) is 9.69 Å². The number of imide groups is 1. The van der Waals surface area contributed by atoms with Crippen molar-refractivity contribution in [2.24, 2.45) is 0 Å². The van der Waals surface area contributed by atoms with Crippen molar-refractivity contribution in [3.8, 4) is 0 Å². The lowest BCUT2D eigenvalue weighted by Crippen LogP contribution is -2.36. The van der Waals surface area contributed by atoms with E-state index < -0.39 is 34.9 Å². The molecule has 4 rings (SSSR count). The number of aromatic amines is 2. The molecule has 0 bridgehead atoms. The summed E-state index contributed by atoms with van der Waals surface area (Å²) in [6.45, 7) is 0. The Kier molecular flexibility index (Phi) is 4.55. The maximum absolute atomic E-state index is 12.8. The van der Waals surface area contributed by atoms with Crippen LogP contribution in [0, 0.1) is 0 Å². The average Bonchev–Trinajstić information content (AvgIpc) is 2.98. The molecule has 1 aliphatic heterocycles. The van der Waals surface area contributed by atoms with Crippen LogP contribution in [0.2, 0.25) is 0 Å². The summed E-state index contributed by atoms with van der Waals surface area (Å²) in [5, 5.41) is 13.6. The molecule has 2 aromatic carbocycles. The summed E-state index contributed by atoms with van der Waals surface area (Å²) in [5.41, 5.74) is -2.54. The second kappa shape index (κ2) is 7.22. The van der Waals surface area contributed by atoms with Gasteiger partial charge in [-0.1, -0.05) is 18.2 Å². The number of H-pyrrole nitrogens is 2. The predicted molar refractivity (Wildman–Crippen MR) is 104 cm³/mol. The van der Waals surface area contributed by atoms with Gasteiger partial charge in [-0.15, -0.1) is 0 Å². The van der Waals surface area contributed by atoms with Crippen molar-refractivity contribution in [3.63, 3.8) is 0 Å². The Morgan fingerprint density at radius 1 is 0.935 bits per heavy atom. The second-order valence-corrected chi connectivity index (χ2v) is 6.45. The number of carboxylic acids is 1. The van der Waals surface area contributed by atoms with Crippen LogP contribution in [0.1, 0.15) is 41.4 Å². The number of carbonyl (C=O) groups is 4. The molecule has 0 atom stereocenters. The van der Waals surface area contributed by atoms with Gasteiger partial charge in [0.05, 0.1) is 22.8 Å². The fraction of sp³-hybridized carbons (Fsp3) is 0. The highest BCUT2D eigenvalue weighted by Gasteiger charge is 2.38. The van der Waals surface area contributed by atoms with Crippen LogP contribution in [0.4, 0.5) is 11.4 Å². The topological polar surface area (TPSA) is 172 Å². The van der Waals surface area contributed by atoms with E-state index >= 15 is 0 Å². The van der Waals surface area contributed by atoms with Gasteiger partial charge in [-0.2, -0.15) is 0 Å². The van der Waals surface area contributed by atoms with Crippen molar-refractivity contribution in [3.05, 3.63) is 91.8 Å². The minimum atomic E-state index is -1.48. The predicted octanol–water partition coefficient (Wildman–Crippen LogP) is -0.520. The normalized spacial score (nSPS) is 12.6. The average molecular weight is 419 g/mol. The zero-order valence-corrected chi connectivity index (χ0v) is 15.4. The number of carbonyl (C=O) groups excluding carboxylic acids is 4. The lowest BCUT2D eigenvalue weighted by molar-refractivity contribution is -0.254. The molecule has 0 unspecified atom stereocenters. The van der Waals surface area contributed by atoms with Crippen LogP contribution in [0.25, 0.3) is 0 Å². The van der Waals surface area contributed by atoms with Gasteiger partial charge in [0.15, 0.2) is 0 Å². The van der Waals surface area contributed by atoms with Crippen LogP contribution in [0.3, 0.4) is 0 Å². The van der Waals surface area contributed by atoms with Gasteiger partial charge in [0.2, 0.25) is 0 Å². The van der Waals surface area contributed by atoms with Crippen molar-refractivity contribution < 1.29 is 24.3 Å². The Morgan fingerprint density at radius 3 is 2.35 bits per heavy atom. The quantitative estimate of drug-likeness (QED) is 0.477. The number of fused-ring (bicyclic) bond motifs is 1. The first-order valence-electron chi connectivity index (χ1n) is 8.74. The fourth-order valence-corrected chi connectivity index (χ4v) is 3.13. The van der Waals surface area contributed by atoms with E-state index in [9.17, 15) is 33.9 Å². The lowest BCUT2D eigenvalue weighted by atomic mass is 10.0. The molecule has 0 fully saturated rings. The molecule has 1 aromatic heterocycles. The lowest BCUT2D eigenvalue weighted by Gasteiger charge is -2.12. The zero-order valence-electron chi connectivity index (χ0n) is 15.4. The van der Waals surface area contributed by atoms with Crippen LogP contribution in [-0.2, 0) is 0 Å². The maximum atomic E-state index is 12.8. The second-order valence-electron chi connectivity index (χ2n) is 6.45. The SMILES string of the molecule is O=C(Nc1ccccc1C(=O)[O-])c1ccc2c(c1)C(=O)N(c1c[nH]c(=O)[nH]c1=O)C2=O. The number of aromatic nitrogens is 2. The number of carboxylic acid groups (broad SMARTS) is 1. The van der Waals surface area contributed by atoms with Crippen LogP contribution >= 0.6 is 0 Å². The zero-order chi connectivity index (χ0) is 22.3. The number of rotatable bonds is 4. The minimum Gasteiger partial charge on any atom is -0.545 e. The first-order chi connectivity index (χ1) is 14.8. The number of nitrogens with one attached hydrogen (secondary N) is 3. The molecule has 3 amide bonds. The first-order valence-corrected chi connectivity index (χ1v) is 8.74. The van der Waals surface area contributed by atoms with Crippen molar-refractivity contribution in [1.82, 2.24) is 9.97 Å². The van der Waals surface area contributed by atoms with Crippen molar-refractivity contribution in [2.75, 3.05) is 10.2 Å². The molecule has 3 aromatic rings. The molecular formula is C20H11N4O7-. The summed E-state index contributed by atoms with van der Waals surface area (Å²) in [7, 11) is 0. The smallest absolute Gasteiger partial charge is 0.325 e. The number of amides is 3. The summed E-state index contributed by atoms with van der Waals surface area (Å²) in [5.74, 6) is -3.86. The molecule has 0 saturated carbocycles. The van der Waals surface area contributed by atoms with Gasteiger partial charge in [0.1, 0.15) is 5.69 Å². The number of hydrogen-bond donors (Lipinski definition) is 3. The van der Waals surface area contributed by atoms with Gasteiger partial charge in [-0.05, 0) is 24.3 Å². The third kappa shape index (κ3) is 3.29. The highest BCUT2D eigenvalue weighted by molar-refractivity contribution is 6.34. The van der Waals surface area contributed by atoms with E-state index in [1.807, 2.05) is 4.98 Å². The van der Waals surface area contributed by atoms with Crippen molar-refractivity contribution >= 4 is 35.1 Å². The molecule has 0 saturated heterocycles. The fourth-order valence-electron chi connectivity index (χ4n) is 3.13. The van der Waals surface area contributed by atoms with Gasteiger partial charge >= 0.3 is 5.69 Å². The molecule has 31 heavy (non-hydrogen) atoms. The summed E-state index contributed by atoms with van der Waals surface area (Å²) >= 11 is 0. The van der Waals surface area contributed by atoms with E-state index in [4.69, 9.17) is 0 Å². The number of anilines is 2. The highest BCUT2D eigenvalue weighted by Crippen LogP contribution is 2.27. The van der Waals surface area contributed by atoms with Crippen LogP contribution < -0.4 is 26.6 Å². The third-order valence-corrected chi connectivity index (χ3v) is 4.58. The molecule has 154 valence electrons. The van der Waals surface area contributed by atoms with Crippen LogP contribution in [0.15, 0.2) is 58.3 Å². The van der Waals surface area contributed by atoms with E-state index in [0.717, 1.165) is 12.3 Å². The molecule has 0 spiro atoms. The van der Waals surface area contributed by atoms with Gasteiger partial charge in [0, 0.05) is 17.3 Å². The number of nitrogens with zero attached hydrogens (tertiary/aromatic N) is 1. The van der Waals surface area contributed by atoms with E-state index in [1.54, 1.807) is 0 Å². The summed E-state index contributed by atoms with van der Waals surface area (Å²) in [4.78, 5) is 77.1. The van der Waals surface area contributed by atoms with E-state index in [0.29, 0.717) is 4.90 Å². The Bertz CT molecular complexity index is 1400. The Labute approximate surface area is 172 Å². The summed E-state index contributed by atoms with van der Waals surface area (Å²) in [6.07, 6.45) is 0.938. The Hall–Kier alpha value is -4.80. The van der Waals surface area contributed by atoms with Gasteiger partial charge in [-0.3, -0.25) is 24.2 Å². The Balaban J connectivity index is 1.67. The van der Waals surface area contributed by atoms with Crippen molar-refractivity contribution in [2.45, 2.75) is 0 Å². The number of para-hydroxylation sites is 1. The molecule has 0 radical (unpaired) electrons. The highest BCUT2D eigenvalue weighted by atomic mass is 16.4. The molecule has 11 heteroatoms. The minimum absolute atomic E-state index is 0.00296. The molecular weight excluding hydrogens is 408 g/mol.